The van der Waals surface area contributed by atoms with Crippen molar-refractivity contribution < 1.29 is 19.5 Å². The van der Waals surface area contributed by atoms with E-state index in [2.05, 4.69) is 5.32 Å². The van der Waals surface area contributed by atoms with E-state index in [4.69, 9.17) is 9.47 Å². The predicted molar refractivity (Wildman–Crippen MR) is 78.8 cm³/mol. The van der Waals surface area contributed by atoms with E-state index in [0.29, 0.717) is 31.0 Å². The predicted octanol–water partition coefficient (Wildman–Crippen LogP) is 1.19. The Bertz CT molecular complexity index is 479. The van der Waals surface area contributed by atoms with Gasteiger partial charge >= 0.3 is 0 Å². The Morgan fingerprint density at radius 3 is 2.71 bits per heavy atom. The van der Waals surface area contributed by atoms with Gasteiger partial charge in [-0.15, -0.1) is 0 Å². The van der Waals surface area contributed by atoms with E-state index in [9.17, 15) is 15.2 Å². The summed E-state index contributed by atoms with van der Waals surface area (Å²) in [5.74, 6) is 0.420. The van der Waals surface area contributed by atoms with Crippen LogP contribution in [0.3, 0.4) is 0 Å². The summed E-state index contributed by atoms with van der Waals surface area (Å²) in [6.07, 6.45) is -0.693. The van der Waals surface area contributed by atoms with Gasteiger partial charge in [0.1, 0.15) is 18.5 Å². The molecule has 1 aromatic carbocycles. The lowest BCUT2D eigenvalue weighted by Gasteiger charge is -2.15. The summed E-state index contributed by atoms with van der Waals surface area (Å²) in [6.45, 7) is 5.15. The third-order valence-electron chi connectivity index (χ3n) is 2.98. The number of ether oxygens (including phenoxy) is 2. The monoisotopic (exact) mass is 298 g/mol. The van der Waals surface area contributed by atoms with E-state index in [0.717, 1.165) is 5.56 Å². The molecule has 7 heteroatoms. The number of hydrogen-bond donors (Lipinski definition) is 2. The van der Waals surface area contributed by atoms with Crippen LogP contribution < -0.4 is 10.1 Å². The first-order valence-electron chi connectivity index (χ1n) is 6.71. The van der Waals surface area contributed by atoms with Gasteiger partial charge in [-0.1, -0.05) is 0 Å². The van der Waals surface area contributed by atoms with Crippen LogP contribution in [0.15, 0.2) is 12.1 Å². The van der Waals surface area contributed by atoms with E-state index in [1.165, 1.54) is 6.07 Å². The maximum Gasteiger partial charge on any atom is 0.276 e. The number of aliphatic hydroxyl groups excluding tert-OH is 1. The van der Waals surface area contributed by atoms with Crippen LogP contribution in [0.4, 0.5) is 5.69 Å². The highest BCUT2D eigenvalue weighted by atomic mass is 16.6. The molecule has 0 spiro atoms. The van der Waals surface area contributed by atoms with Crippen LogP contribution in [0.25, 0.3) is 0 Å². The zero-order valence-electron chi connectivity index (χ0n) is 12.6. The second kappa shape index (κ2) is 8.56. The Balaban J connectivity index is 2.55. The largest absolute Gasteiger partial charge is 0.490 e. The topological polar surface area (TPSA) is 93.9 Å². The van der Waals surface area contributed by atoms with Gasteiger partial charge in [-0.25, -0.2) is 0 Å². The van der Waals surface area contributed by atoms with Crippen molar-refractivity contribution >= 4 is 5.69 Å². The highest BCUT2D eigenvalue weighted by Crippen LogP contribution is 2.28. The number of nitro benzene ring substituents is 1. The molecule has 0 fully saturated rings. The Labute approximate surface area is 124 Å². The molecular formula is C14H22N2O5. The molecule has 1 rings (SSSR count). The first-order chi connectivity index (χ1) is 9.95. The molecule has 0 amide bonds. The maximum atomic E-state index is 10.9. The Kier molecular flexibility index (Phi) is 7.07. The van der Waals surface area contributed by atoms with Gasteiger partial charge in [-0.2, -0.15) is 0 Å². The van der Waals surface area contributed by atoms with Crippen molar-refractivity contribution in [2.75, 3.05) is 33.4 Å². The fourth-order valence-electron chi connectivity index (χ4n) is 1.86. The first-order valence-corrected chi connectivity index (χ1v) is 6.71. The van der Waals surface area contributed by atoms with E-state index < -0.39 is 11.0 Å². The maximum absolute atomic E-state index is 10.9. The van der Waals surface area contributed by atoms with Crippen LogP contribution >= 0.6 is 0 Å². The highest BCUT2D eigenvalue weighted by molar-refractivity contribution is 5.49. The third-order valence-corrected chi connectivity index (χ3v) is 2.98. The SMILES string of the molecule is COCCNCC(O)COc1cc([N+](=O)[O-])c(C)cc1C. The summed E-state index contributed by atoms with van der Waals surface area (Å²) in [6, 6.07) is 3.10. The minimum atomic E-state index is -0.693. The van der Waals surface area contributed by atoms with Crippen molar-refractivity contribution in [2.45, 2.75) is 20.0 Å². The van der Waals surface area contributed by atoms with Crippen LogP contribution in [0.5, 0.6) is 5.75 Å². The molecule has 0 heterocycles. The zero-order valence-corrected chi connectivity index (χ0v) is 12.6. The highest BCUT2D eigenvalue weighted by Gasteiger charge is 2.15. The summed E-state index contributed by atoms with van der Waals surface area (Å²) < 4.78 is 10.4. The van der Waals surface area contributed by atoms with Gasteiger partial charge in [-0.3, -0.25) is 10.1 Å². The number of hydrogen-bond acceptors (Lipinski definition) is 6. The van der Waals surface area contributed by atoms with Gasteiger partial charge < -0.3 is 19.9 Å². The second-order valence-electron chi connectivity index (χ2n) is 4.82. The zero-order chi connectivity index (χ0) is 15.8. The third kappa shape index (κ3) is 5.66. The molecule has 0 aromatic heterocycles. The number of rotatable bonds is 9. The lowest BCUT2D eigenvalue weighted by atomic mass is 10.1. The minimum Gasteiger partial charge on any atom is -0.490 e. The van der Waals surface area contributed by atoms with Gasteiger partial charge in [0.15, 0.2) is 0 Å². The fraction of sp³-hybridized carbons (Fsp3) is 0.571. The average Bonchev–Trinajstić information content (AvgIpc) is 2.42. The van der Waals surface area contributed by atoms with Crippen molar-refractivity contribution in [1.82, 2.24) is 5.32 Å². The molecule has 0 aliphatic heterocycles. The molecule has 118 valence electrons. The summed E-state index contributed by atoms with van der Waals surface area (Å²) >= 11 is 0. The molecule has 1 aromatic rings. The summed E-state index contributed by atoms with van der Waals surface area (Å²) in [5.41, 5.74) is 1.41. The molecule has 21 heavy (non-hydrogen) atoms. The van der Waals surface area contributed by atoms with Gasteiger partial charge in [0, 0.05) is 25.8 Å². The number of nitro groups is 1. The lowest BCUT2D eigenvalue weighted by molar-refractivity contribution is -0.385. The molecule has 7 nitrogen and oxygen atoms in total. The minimum absolute atomic E-state index is 0.0170. The number of benzene rings is 1. The van der Waals surface area contributed by atoms with Crippen molar-refractivity contribution in [3.05, 3.63) is 33.4 Å². The normalized spacial score (nSPS) is 12.2. The fourth-order valence-corrected chi connectivity index (χ4v) is 1.86. The summed E-state index contributed by atoms with van der Waals surface area (Å²) in [5, 5.41) is 23.7. The van der Waals surface area contributed by atoms with Gasteiger partial charge in [0.05, 0.1) is 17.6 Å². The van der Waals surface area contributed by atoms with Gasteiger partial charge in [0.25, 0.3) is 5.69 Å². The van der Waals surface area contributed by atoms with Crippen LogP contribution in [0.1, 0.15) is 11.1 Å². The number of aliphatic hydroxyl groups is 1. The number of nitrogens with zero attached hydrogens (tertiary/aromatic N) is 1. The van der Waals surface area contributed by atoms with E-state index in [-0.39, 0.29) is 12.3 Å². The van der Waals surface area contributed by atoms with Crippen molar-refractivity contribution in [2.24, 2.45) is 0 Å². The molecule has 0 saturated carbocycles. The van der Waals surface area contributed by atoms with E-state index in [1.807, 2.05) is 6.92 Å². The molecule has 0 radical (unpaired) electrons. The molecule has 2 N–H and O–H groups in total. The van der Waals surface area contributed by atoms with Crippen LogP contribution in [-0.2, 0) is 4.74 Å². The van der Waals surface area contributed by atoms with Crippen LogP contribution in [0, 0.1) is 24.0 Å². The summed E-state index contributed by atoms with van der Waals surface area (Å²) in [7, 11) is 1.61. The smallest absolute Gasteiger partial charge is 0.276 e. The Hall–Kier alpha value is -1.70. The Morgan fingerprint density at radius 1 is 1.38 bits per heavy atom. The van der Waals surface area contributed by atoms with Crippen LogP contribution in [-0.4, -0.2) is 49.5 Å². The van der Waals surface area contributed by atoms with Crippen molar-refractivity contribution in [3.63, 3.8) is 0 Å². The lowest BCUT2D eigenvalue weighted by Crippen LogP contribution is -2.33. The number of aryl methyl sites for hydroxylation is 2. The Morgan fingerprint density at radius 2 is 2.10 bits per heavy atom. The second-order valence-corrected chi connectivity index (χ2v) is 4.82. The standard InChI is InChI=1S/C14H22N2O5/c1-10-6-11(2)14(7-13(10)16(18)19)21-9-12(17)8-15-4-5-20-3/h6-7,12,15,17H,4-5,8-9H2,1-3H3. The first kappa shape index (κ1) is 17.4. The molecule has 0 bridgehead atoms. The van der Waals surface area contributed by atoms with E-state index in [1.54, 1.807) is 20.1 Å². The summed E-state index contributed by atoms with van der Waals surface area (Å²) in [4.78, 5) is 10.5. The molecule has 0 saturated heterocycles. The molecule has 1 unspecified atom stereocenters. The van der Waals surface area contributed by atoms with E-state index >= 15 is 0 Å². The average molecular weight is 298 g/mol. The molecule has 0 aliphatic carbocycles. The number of methoxy groups -OCH3 is 1. The van der Waals surface area contributed by atoms with Crippen molar-refractivity contribution in [1.29, 1.82) is 0 Å². The van der Waals surface area contributed by atoms with Gasteiger partial charge in [-0.05, 0) is 25.5 Å². The number of nitrogens with one attached hydrogen (secondary N) is 1. The van der Waals surface area contributed by atoms with Gasteiger partial charge in [0.2, 0.25) is 0 Å². The van der Waals surface area contributed by atoms with Crippen molar-refractivity contribution in [3.8, 4) is 5.75 Å². The van der Waals surface area contributed by atoms with Crippen LogP contribution in [0.2, 0.25) is 0 Å². The molecule has 0 aliphatic rings. The quantitative estimate of drug-likeness (QED) is 0.404. The molecule has 1 atom stereocenters. The molecular weight excluding hydrogens is 276 g/mol.